The highest BCUT2D eigenvalue weighted by molar-refractivity contribution is 8.13. The zero-order valence-corrected chi connectivity index (χ0v) is 12.9. The van der Waals surface area contributed by atoms with Crippen LogP contribution < -0.4 is 14.4 Å². The van der Waals surface area contributed by atoms with Crippen LogP contribution in [0.15, 0.2) is 0 Å². The van der Waals surface area contributed by atoms with Crippen LogP contribution in [0.1, 0.15) is 6.42 Å². The molecule has 1 atom stereocenters. The average Bonchev–Trinajstić information content (AvgIpc) is 2.76. The third-order valence-electron chi connectivity index (χ3n) is 2.83. The third-order valence-corrected chi connectivity index (χ3v) is 4.08. The molecule has 116 valence electrons. The first kappa shape index (κ1) is 15.7. The second kappa shape index (κ2) is 5.98. The first-order valence-corrected chi connectivity index (χ1v) is 8.37. The Morgan fingerprint density at radius 1 is 1.24 bits per heavy atom. The van der Waals surface area contributed by atoms with E-state index in [0.717, 1.165) is 0 Å². The van der Waals surface area contributed by atoms with Crippen molar-refractivity contribution in [2.45, 2.75) is 6.42 Å². The molecule has 1 amide bonds. The maximum atomic E-state index is 12.0. The number of amides is 1. The lowest BCUT2D eigenvalue weighted by Crippen LogP contribution is -2.27. The largest absolute Gasteiger partial charge is 0.467 e. The van der Waals surface area contributed by atoms with Crippen LogP contribution in [0.3, 0.4) is 0 Å². The Kier molecular flexibility index (Phi) is 4.47. The SMILES string of the molecule is COc1nc(OC)nc(N2CC(CS(=O)(=O)Cl)CC2=O)n1. The van der Waals surface area contributed by atoms with Crippen LogP contribution in [-0.4, -0.2) is 55.8 Å². The van der Waals surface area contributed by atoms with E-state index >= 15 is 0 Å². The number of methoxy groups -OCH3 is 2. The van der Waals surface area contributed by atoms with Gasteiger partial charge in [0.05, 0.1) is 20.0 Å². The Morgan fingerprint density at radius 3 is 2.29 bits per heavy atom. The Balaban J connectivity index is 2.24. The summed E-state index contributed by atoms with van der Waals surface area (Å²) in [6, 6.07) is -0.00358. The lowest BCUT2D eigenvalue weighted by molar-refractivity contribution is -0.117. The van der Waals surface area contributed by atoms with Crippen molar-refractivity contribution >= 4 is 31.6 Å². The molecule has 2 rings (SSSR count). The van der Waals surface area contributed by atoms with Gasteiger partial charge in [0.25, 0.3) is 0 Å². The molecule has 11 heteroatoms. The van der Waals surface area contributed by atoms with Crippen molar-refractivity contribution in [1.29, 1.82) is 0 Å². The van der Waals surface area contributed by atoms with Gasteiger partial charge in [-0.1, -0.05) is 0 Å². The highest BCUT2D eigenvalue weighted by atomic mass is 35.7. The summed E-state index contributed by atoms with van der Waals surface area (Å²) in [5.74, 6) is -0.932. The maximum Gasteiger partial charge on any atom is 0.324 e. The van der Waals surface area contributed by atoms with E-state index in [1.54, 1.807) is 0 Å². The summed E-state index contributed by atoms with van der Waals surface area (Å²) in [7, 11) is 4.28. The third kappa shape index (κ3) is 3.91. The number of anilines is 1. The van der Waals surface area contributed by atoms with Crippen molar-refractivity contribution in [3.8, 4) is 12.0 Å². The lowest BCUT2D eigenvalue weighted by atomic mass is 10.1. The van der Waals surface area contributed by atoms with Crippen molar-refractivity contribution in [2.75, 3.05) is 31.4 Å². The molecule has 2 heterocycles. The summed E-state index contributed by atoms with van der Waals surface area (Å²) in [5, 5.41) is 0. The van der Waals surface area contributed by atoms with Crippen LogP contribution in [0.2, 0.25) is 0 Å². The molecule has 1 aliphatic heterocycles. The first-order valence-electron chi connectivity index (χ1n) is 5.89. The normalized spacial score (nSPS) is 18.9. The lowest BCUT2D eigenvalue weighted by Gasteiger charge is -2.15. The van der Waals surface area contributed by atoms with Gasteiger partial charge in [0, 0.05) is 29.6 Å². The van der Waals surface area contributed by atoms with Gasteiger partial charge >= 0.3 is 12.0 Å². The topological polar surface area (TPSA) is 112 Å². The van der Waals surface area contributed by atoms with Gasteiger partial charge < -0.3 is 9.47 Å². The van der Waals surface area contributed by atoms with Gasteiger partial charge in [-0.3, -0.25) is 9.69 Å². The van der Waals surface area contributed by atoms with Crippen LogP contribution in [0.4, 0.5) is 5.95 Å². The van der Waals surface area contributed by atoms with Gasteiger partial charge in [0.15, 0.2) is 0 Å². The molecular formula is C10H13ClN4O5S. The number of hydrogen-bond acceptors (Lipinski definition) is 8. The zero-order chi connectivity index (χ0) is 15.6. The van der Waals surface area contributed by atoms with Crippen molar-refractivity contribution in [3.63, 3.8) is 0 Å². The molecule has 0 N–H and O–H groups in total. The van der Waals surface area contributed by atoms with Crippen LogP contribution >= 0.6 is 10.7 Å². The molecule has 1 aromatic heterocycles. The van der Waals surface area contributed by atoms with Crippen LogP contribution in [0.5, 0.6) is 12.0 Å². The highest BCUT2D eigenvalue weighted by Gasteiger charge is 2.35. The predicted octanol–water partition coefficient (Wildman–Crippen LogP) is -0.190. The summed E-state index contributed by atoms with van der Waals surface area (Å²) >= 11 is 0. The number of aromatic nitrogens is 3. The molecule has 1 fully saturated rings. The molecule has 1 aliphatic rings. The minimum atomic E-state index is -3.67. The van der Waals surface area contributed by atoms with E-state index < -0.39 is 15.0 Å². The number of rotatable bonds is 5. The minimum Gasteiger partial charge on any atom is -0.467 e. The maximum absolute atomic E-state index is 12.0. The molecular weight excluding hydrogens is 324 g/mol. The molecule has 0 bridgehead atoms. The fourth-order valence-electron chi connectivity index (χ4n) is 2.00. The van der Waals surface area contributed by atoms with Gasteiger partial charge in [-0.2, -0.15) is 9.97 Å². The van der Waals surface area contributed by atoms with E-state index in [2.05, 4.69) is 15.0 Å². The van der Waals surface area contributed by atoms with Gasteiger partial charge in [0.2, 0.25) is 20.9 Å². The average molecular weight is 337 g/mol. The predicted molar refractivity (Wildman–Crippen MR) is 73.0 cm³/mol. The molecule has 0 saturated carbocycles. The molecule has 0 spiro atoms. The smallest absolute Gasteiger partial charge is 0.324 e. The molecule has 1 saturated heterocycles. The number of hydrogen-bond donors (Lipinski definition) is 0. The van der Waals surface area contributed by atoms with E-state index in [1.807, 2.05) is 0 Å². The Hall–Kier alpha value is -1.68. The summed E-state index contributed by atoms with van der Waals surface area (Å²) in [6.07, 6.45) is 0.0578. The fraction of sp³-hybridized carbons (Fsp3) is 0.600. The molecule has 1 aromatic rings. The second-order valence-corrected chi connectivity index (χ2v) is 7.21. The van der Waals surface area contributed by atoms with Crippen LogP contribution in [0, 0.1) is 5.92 Å². The summed E-state index contributed by atoms with van der Waals surface area (Å²) in [6.45, 7) is 0.154. The number of carbonyl (C=O) groups excluding carboxylic acids is 1. The van der Waals surface area contributed by atoms with Gasteiger partial charge in [0.1, 0.15) is 0 Å². The minimum absolute atomic E-state index is 0.00179. The summed E-state index contributed by atoms with van der Waals surface area (Å²) in [4.78, 5) is 25.0. The number of carbonyl (C=O) groups is 1. The number of nitrogens with zero attached hydrogens (tertiary/aromatic N) is 4. The van der Waals surface area contributed by atoms with Crippen molar-refractivity contribution in [3.05, 3.63) is 0 Å². The highest BCUT2D eigenvalue weighted by Crippen LogP contribution is 2.26. The molecule has 21 heavy (non-hydrogen) atoms. The van der Waals surface area contributed by atoms with E-state index in [-0.39, 0.29) is 42.6 Å². The van der Waals surface area contributed by atoms with Crippen molar-refractivity contribution in [1.82, 2.24) is 15.0 Å². The molecule has 0 aliphatic carbocycles. The van der Waals surface area contributed by atoms with Gasteiger partial charge in [-0.05, 0) is 0 Å². The Labute approximate surface area is 125 Å². The summed E-state index contributed by atoms with van der Waals surface area (Å²) < 4.78 is 32.0. The van der Waals surface area contributed by atoms with Gasteiger partial charge in [-0.15, -0.1) is 4.98 Å². The number of ether oxygens (including phenoxy) is 2. The van der Waals surface area contributed by atoms with E-state index in [1.165, 1.54) is 19.1 Å². The van der Waals surface area contributed by atoms with Crippen LogP contribution in [0.25, 0.3) is 0 Å². The standard InChI is InChI=1S/C10H13ClN4O5S/c1-19-9-12-8(13-10(14-9)20-2)15-4-6(3-7(15)16)5-21(11,17)18/h6H,3-5H2,1-2H3. The number of halogens is 1. The molecule has 1 unspecified atom stereocenters. The zero-order valence-electron chi connectivity index (χ0n) is 11.3. The Bertz CT molecular complexity index is 631. The fourth-order valence-corrected chi connectivity index (χ4v) is 3.32. The van der Waals surface area contributed by atoms with E-state index in [4.69, 9.17) is 20.2 Å². The van der Waals surface area contributed by atoms with E-state index in [9.17, 15) is 13.2 Å². The molecule has 9 nitrogen and oxygen atoms in total. The van der Waals surface area contributed by atoms with Crippen molar-refractivity contribution < 1.29 is 22.7 Å². The monoisotopic (exact) mass is 336 g/mol. The quantitative estimate of drug-likeness (QED) is 0.680. The van der Waals surface area contributed by atoms with Gasteiger partial charge in [-0.25, -0.2) is 8.42 Å². The molecule has 0 radical (unpaired) electrons. The van der Waals surface area contributed by atoms with Crippen LogP contribution in [-0.2, 0) is 13.8 Å². The molecule has 0 aromatic carbocycles. The Morgan fingerprint density at radius 2 is 1.81 bits per heavy atom. The first-order chi connectivity index (χ1) is 9.82. The summed E-state index contributed by atoms with van der Waals surface area (Å²) in [5.41, 5.74) is 0. The second-order valence-electron chi connectivity index (χ2n) is 4.39. The van der Waals surface area contributed by atoms with E-state index in [0.29, 0.717) is 0 Å². The van der Waals surface area contributed by atoms with Crippen molar-refractivity contribution in [2.24, 2.45) is 5.92 Å².